The average Bonchev–Trinajstić information content (AvgIpc) is 3.24. The highest BCUT2D eigenvalue weighted by molar-refractivity contribution is 6.06. The maximum Gasteiger partial charge on any atom is 0.416 e. The van der Waals surface area contributed by atoms with Crippen LogP contribution in [0.5, 0.6) is 0 Å². The van der Waals surface area contributed by atoms with Gasteiger partial charge in [0.25, 0.3) is 5.91 Å². The van der Waals surface area contributed by atoms with Crippen LogP contribution in [0.15, 0.2) is 48.7 Å². The van der Waals surface area contributed by atoms with Gasteiger partial charge in [-0.05, 0) is 67.0 Å². The Morgan fingerprint density at radius 1 is 1.14 bits per heavy atom. The summed E-state index contributed by atoms with van der Waals surface area (Å²) in [5, 5.41) is 12.6. The number of carbonyl (C=O) groups is 2. The van der Waals surface area contributed by atoms with Gasteiger partial charge < -0.3 is 15.0 Å². The molecule has 1 heterocycles. The Bertz CT molecular complexity index is 1270. The van der Waals surface area contributed by atoms with Crippen molar-refractivity contribution in [1.82, 2.24) is 9.88 Å². The fraction of sp³-hybridized carbons (Fsp3) is 0.407. The first kappa shape index (κ1) is 25.7. The van der Waals surface area contributed by atoms with E-state index in [1.165, 1.54) is 24.3 Å². The molecule has 36 heavy (non-hydrogen) atoms. The number of alkyl halides is 3. The van der Waals surface area contributed by atoms with Gasteiger partial charge in [-0.15, -0.1) is 0 Å². The predicted octanol–water partition coefficient (Wildman–Crippen LogP) is 6.10. The van der Waals surface area contributed by atoms with Gasteiger partial charge in [0.1, 0.15) is 5.82 Å². The minimum atomic E-state index is -4.43. The molecule has 1 aliphatic carbocycles. The van der Waals surface area contributed by atoms with E-state index in [-0.39, 0.29) is 41.3 Å². The Hall–Kier alpha value is -3.36. The van der Waals surface area contributed by atoms with Crippen LogP contribution in [0.4, 0.5) is 17.6 Å². The molecule has 2 unspecified atom stereocenters. The van der Waals surface area contributed by atoms with E-state index in [0.717, 1.165) is 12.1 Å². The van der Waals surface area contributed by atoms with E-state index in [9.17, 15) is 32.3 Å². The normalized spacial score (nSPS) is 20.7. The van der Waals surface area contributed by atoms with Crippen molar-refractivity contribution in [2.75, 3.05) is 0 Å². The van der Waals surface area contributed by atoms with Crippen LogP contribution >= 0.6 is 0 Å². The molecule has 4 rings (SSSR count). The number of carbonyl (C=O) groups excluding carboxylic acids is 1. The standard InChI is InChI=1S/C27H28F4N2O3/c1-3-17(26(35)36)12-18-13-23(15(18)2)32-25(34)21-8-9-22(28)20-10-11-33(24(20)21)14-16-4-6-19(7-5-16)27(29,30)31/h4-11,15,17-18,23H,3,12-14H2,1-2H3,(H,32,34)(H,35,36)/t15-,17-,18?,23?/m0/s1. The highest BCUT2D eigenvalue weighted by Gasteiger charge is 2.40. The van der Waals surface area contributed by atoms with Crippen molar-refractivity contribution >= 4 is 22.8 Å². The summed E-state index contributed by atoms with van der Waals surface area (Å²) in [4.78, 5) is 24.6. The van der Waals surface area contributed by atoms with E-state index in [0.29, 0.717) is 30.3 Å². The Kier molecular flexibility index (Phi) is 7.11. The monoisotopic (exact) mass is 504 g/mol. The number of carboxylic acid groups (broad SMARTS) is 1. The van der Waals surface area contributed by atoms with Crippen molar-refractivity contribution in [2.24, 2.45) is 17.8 Å². The highest BCUT2D eigenvalue weighted by atomic mass is 19.4. The zero-order chi connectivity index (χ0) is 26.2. The molecule has 5 nitrogen and oxygen atoms in total. The lowest BCUT2D eigenvalue weighted by Crippen LogP contribution is -2.52. The summed E-state index contributed by atoms with van der Waals surface area (Å²) in [7, 11) is 0. The number of amides is 1. The number of benzene rings is 2. The van der Waals surface area contributed by atoms with Gasteiger partial charge in [-0.1, -0.05) is 26.0 Å². The Morgan fingerprint density at radius 2 is 1.83 bits per heavy atom. The van der Waals surface area contributed by atoms with Crippen molar-refractivity contribution < 1.29 is 32.3 Å². The summed E-state index contributed by atoms with van der Waals surface area (Å²) in [5.74, 6) is -1.76. The van der Waals surface area contributed by atoms with Crippen LogP contribution in [0.25, 0.3) is 10.9 Å². The van der Waals surface area contributed by atoms with Crippen LogP contribution in [-0.2, 0) is 17.5 Å². The molecule has 0 spiro atoms. The summed E-state index contributed by atoms with van der Waals surface area (Å²) in [6.07, 6.45) is -1.03. The van der Waals surface area contributed by atoms with Crippen LogP contribution < -0.4 is 5.32 Å². The van der Waals surface area contributed by atoms with Gasteiger partial charge in [-0.2, -0.15) is 13.2 Å². The molecule has 0 bridgehead atoms. The van der Waals surface area contributed by atoms with E-state index in [1.807, 2.05) is 13.8 Å². The topological polar surface area (TPSA) is 71.3 Å². The highest BCUT2D eigenvalue weighted by Crippen LogP contribution is 2.40. The molecule has 2 N–H and O–H groups in total. The van der Waals surface area contributed by atoms with Gasteiger partial charge in [0.05, 0.1) is 22.6 Å². The lowest BCUT2D eigenvalue weighted by Gasteiger charge is -2.44. The summed E-state index contributed by atoms with van der Waals surface area (Å²) in [5.41, 5.74) is 0.468. The number of rotatable bonds is 8. The van der Waals surface area contributed by atoms with Crippen LogP contribution in [0.3, 0.4) is 0 Å². The number of nitrogens with one attached hydrogen (secondary N) is 1. The number of fused-ring (bicyclic) bond motifs is 1. The molecule has 1 amide bonds. The lowest BCUT2D eigenvalue weighted by atomic mass is 9.66. The minimum Gasteiger partial charge on any atom is -0.481 e. The minimum absolute atomic E-state index is 0.109. The molecule has 2 aromatic carbocycles. The van der Waals surface area contributed by atoms with Gasteiger partial charge in [-0.25, -0.2) is 4.39 Å². The average molecular weight is 505 g/mol. The first-order chi connectivity index (χ1) is 17.0. The molecule has 1 saturated carbocycles. The molecule has 1 aliphatic rings. The zero-order valence-electron chi connectivity index (χ0n) is 20.0. The first-order valence-electron chi connectivity index (χ1n) is 12.0. The molecule has 9 heteroatoms. The summed E-state index contributed by atoms with van der Waals surface area (Å²) in [6, 6.07) is 8.79. The van der Waals surface area contributed by atoms with Gasteiger partial charge in [0, 0.05) is 24.2 Å². The number of carboxylic acids is 1. The number of nitrogens with zero attached hydrogens (tertiary/aromatic N) is 1. The number of halogens is 4. The molecule has 3 aromatic rings. The number of hydrogen-bond acceptors (Lipinski definition) is 2. The van der Waals surface area contributed by atoms with E-state index < -0.39 is 29.4 Å². The molecule has 192 valence electrons. The first-order valence-corrected chi connectivity index (χ1v) is 12.0. The molecule has 0 saturated heterocycles. The van der Waals surface area contributed by atoms with Crippen LogP contribution in [-0.4, -0.2) is 27.6 Å². The van der Waals surface area contributed by atoms with Gasteiger partial charge in [-0.3, -0.25) is 9.59 Å². The maximum atomic E-state index is 14.5. The Morgan fingerprint density at radius 3 is 2.42 bits per heavy atom. The largest absolute Gasteiger partial charge is 0.481 e. The summed E-state index contributed by atoms with van der Waals surface area (Å²) >= 11 is 0. The Balaban J connectivity index is 1.52. The predicted molar refractivity (Wildman–Crippen MR) is 127 cm³/mol. The number of aromatic nitrogens is 1. The smallest absolute Gasteiger partial charge is 0.416 e. The van der Waals surface area contributed by atoms with Crippen molar-refractivity contribution in [2.45, 2.75) is 51.9 Å². The van der Waals surface area contributed by atoms with Crippen molar-refractivity contribution in [3.63, 3.8) is 0 Å². The molecular formula is C27H28F4N2O3. The SMILES string of the molecule is CC[C@@H](CC1CC(NC(=O)c2ccc(F)c3ccn(Cc4ccc(C(F)(F)F)cc4)c23)[C@H]1C)C(=O)O. The van der Waals surface area contributed by atoms with Crippen LogP contribution in [0, 0.1) is 23.6 Å². The second kappa shape index (κ2) is 9.95. The third kappa shape index (κ3) is 5.10. The second-order valence-corrected chi connectivity index (χ2v) is 9.61. The maximum absolute atomic E-state index is 14.5. The van der Waals surface area contributed by atoms with Gasteiger partial charge in [0.2, 0.25) is 0 Å². The fourth-order valence-electron chi connectivity index (χ4n) is 5.04. The van der Waals surface area contributed by atoms with E-state index >= 15 is 0 Å². The molecule has 1 aromatic heterocycles. The Labute approximate surface area is 206 Å². The number of hydrogen-bond donors (Lipinski definition) is 2. The molecule has 4 atom stereocenters. The van der Waals surface area contributed by atoms with Crippen molar-refractivity contribution in [1.29, 1.82) is 0 Å². The lowest BCUT2D eigenvalue weighted by molar-refractivity contribution is -0.143. The molecule has 0 aliphatic heterocycles. The fourth-order valence-corrected chi connectivity index (χ4v) is 5.04. The molecule has 1 fully saturated rings. The number of aliphatic carboxylic acids is 1. The van der Waals surface area contributed by atoms with Crippen molar-refractivity contribution in [3.05, 3.63) is 71.2 Å². The summed E-state index contributed by atoms with van der Waals surface area (Å²) < 4.78 is 54.8. The van der Waals surface area contributed by atoms with E-state index in [1.54, 1.807) is 16.8 Å². The van der Waals surface area contributed by atoms with E-state index in [4.69, 9.17) is 0 Å². The quantitative estimate of drug-likeness (QED) is 0.364. The van der Waals surface area contributed by atoms with Crippen LogP contribution in [0.1, 0.15) is 54.6 Å². The third-order valence-electron chi connectivity index (χ3n) is 7.43. The summed E-state index contributed by atoms with van der Waals surface area (Å²) in [6.45, 7) is 4.00. The van der Waals surface area contributed by atoms with Crippen molar-refractivity contribution in [3.8, 4) is 0 Å². The molecular weight excluding hydrogens is 476 g/mol. The van der Waals surface area contributed by atoms with E-state index in [2.05, 4.69) is 5.32 Å². The second-order valence-electron chi connectivity index (χ2n) is 9.61. The molecule has 0 radical (unpaired) electrons. The van der Waals surface area contributed by atoms with Gasteiger partial charge >= 0.3 is 12.1 Å². The zero-order valence-corrected chi connectivity index (χ0v) is 20.0. The third-order valence-corrected chi connectivity index (χ3v) is 7.43. The van der Waals surface area contributed by atoms with Crippen LogP contribution in [0.2, 0.25) is 0 Å². The van der Waals surface area contributed by atoms with Gasteiger partial charge in [0.15, 0.2) is 0 Å².